The SMILES string of the molecule is CSc1cc(C(=O)NC2(C(=O)O)CCC2)c(Cl)cc1Cl. The molecule has 2 rings (SSSR count). The summed E-state index contributed by atoms with van der Waals surface area (Å²) in [5.41, 5.74) is -0.910. The van der Waals surface area contributed by atoms with Crippen LogP contribution in [0.4, 0.5) is 0 Å². The maximum Gasteiger partial charge on any atom is 0.329 e. The number of carbonyl (C=O) groups is 2. The number of thioether (sulfide) groups is 1. The van der Waals surface area contributed by atoms with E-state index in [1.807, 2.05) is 6.26 Å². The number of nitrogens with one attached hydrogen (secondary N) is 1. The van der Waals surface area contributed by atoms with Crippen LogP contribution in [0.25, 0.3) is 0 Å². The largest absolute Gasteiger partial charge is 0.480 e. The molecule has 1 aromatic carbocycles. The van der Waals surface area contributed by atoms with E-state index in [-0.39, 0.29) is 10.6 Å². The normalized spacial score (nSPS) is 16.4. The van der Waals surface area contributed by atoms with E-state index in [2.05, 4.69) is 5.32 Å². The number of carboxylic acids is 1. The number of rotatable bonds is 4. The van der Waals surface area contributed by atoms with Gasteiger partial charge in [0, 0.05) is 4.90 Å². The highest BCUT2D eigenvalue weighted by Crippen LogP contribution is 2.34. The number of carbonyl (C=O) groups excluding carboxylic acids is 1. The van der Waals surface area contributed by atoms with Crippen LogP contribution >= 0.6 is 35.0 Å². The van der Waals surface area contributed by atoms with Gasteiger partial charge in [0.2, 0.25) is 0 Å². The van der Waals surface area contributed by atoms with Crippen molar-refractivity contribution in [3.63, 3.8) is 0 Å². The first-order valence-electron chi connectivity index (χ1n) is 5.98. The van der Waals surface area contributed by atoms with Gasteiger partial charge in [0.1, 0.15) is 5.54 Å². The van der Waals surface area contributed by atoms with Crippen LogP contribution in [-0.4, -0.2) is 28.8 Å². The van der Waals surface area contributed by atoms with Crippen LogP contribution in [0.3, 0.4) is 0 Å². The number of benzene rings is 1. The monoisotopic (exact) mass is 333 g/mol. The van der Waals surface area contributed by atoms with E-state index in [4.69, 9.17) is 23.2 Å². The molecule has 4 nitrogen and oxygen atoms in total. The molecule has 108 valence electrons. The quantitative estimate of drug-likeness (QED) is 0.828. The van der Waals surface area contributed by atoms with E-state index >= 15 is 0 Å². The molecule has 2 N–H and O–H groups in total. The maximum absolute atomic E-state index is 12.2. The van der Waals surface area contributed by atoms with Crippen molar-refractivity contribution in [2.75, 3.05) is 6.26 Å². The zero-order valence-corrected chi connectivity index (χ0v) is 13.0. The second-order valence-electron chi connectivity index (χ2n) is 4.66. The molecule has 1 aliphatic rings. The van der Waals surface area contributed by atoms with Crippen molar-refractivity contribution < 1.29 is 14.7 Å². The Morgan fingerprint density at radius 2 is 1.95 bits per heavy atom. The molecule has 0 unspecified atom stereocenters. The summed E-state index contributed by atoms with van der Waals surface area (Å²) < 4.78 is 0. The van der Waals surface area contributed by atoms with E-state index in [0.29, 0.717) is 17.9 Å². The first-order chi connectivity index (χ1) is 9.39. The Morgan fingerprint density at radius 3 is 2.40 bits per heavy atom. The van der Waals surface area contributed by atoms with Crippen molar-refractivity contribution in [2.45, 2.75) is 29.7 Å². The molecule has 0 aromatic heterocycles. The molecule has 0 heterocycles. The van der Waals surface area contributed by atoms with Gasteiger partial charge in [-0.3, -0.25) is 4.79 Å². The summed E-state index contributed by atoms with van der Waals surface area (Å²) in [7, 11) is 0. The van der Waals surface area contributed by atoms with Gasteiger partial charge in [-0.15, -0.1) is 11.8 Å². The summed E-state index contributed by atoms with van der Waals surface area (Å²) in [6, 6.07) is 3.08. The van der Waals surface area contributed by atoms with Crippen molar-refractivity contribution in [3.8, 4) is 0 Å². The highest BCUT2D eigenvalue weighted by atomic mass is 35.5. The van der Waals surface area contributed by atoms with Crippen LogP contribution < -0.4 is 5.32 Å². The lowest BCUT2D eigenvalue weighted by molar-refractivity contribution is -0.148. The first-order valence-corrected chi connectivity index (χ1v) is 7.96. The Morgan fingerprint density at radius 1 is 1.30 bits per heavy atom. The van der Waals surface area contributed by atoms with Crippen molar-refractivity contribution >= 4 is 46.8 Å². The van der Waals surface area contributed by atoms with Crippen LogP contribution in [0.15, 0.2) is 17.0 Å². The fraction of sp³-hybridized carbons (Fsp3) is 0.385. The fourth-order valence-corrected chi connectivity index (χ4v) is 3.26. The molecule has 20 heavy (non-hydrogen) atoms. The van der Waals surface area contributed by atoms with Gasteiger partial charge >= 0.3 is 5.97 Å². The van der Waals surface area contributed by atoms with Gasteiger partial charge in [-0.05, 0) is 37.7 Å². The molecular weight excluding hydrogens is 321 g/mol. The van der Waals surface area contributed by atoms with Crippen LogP contribution in [0.1, 0.15) is 29.6 Å². The van der Waals surface area contributed by atoms with Gasteiger partial charge in [-0.2, -0.15) is 0 Å². The van der Waals surface area contributed by atoms with Crippen LogP contribution in [0, 0.1) is 0 Å². The number of amides is 1. The van der Waals surface area contributed by atoms with Crippen LogP contribution in [-0.2, 0) is 4.79 Å². The minimum absolute atomic E-state index is 0.213. The number of carboxylic acid groups (broad SMARTS) is 1. The predicted molar refractivity (Wildman–Crippen MR) is 79.9 cm³/mol. The third-order valence-electron chi connectivity index (χ3n) is 3.46. The minimum Gasteiger partial charge on any atom is -0.480 e. The second kappa shape index (κ2) is 5.84. The summed E-state index contributed by atoms with van der Waals surface area (Å²) in [5.74, 6) is -1.49. The highest BCUT2D eigenvalue weighted by molar-refractivity contribution is 7.98. The summed E-state index contributed by atoms with van der Waals surface area (Å²) in [5, 5.41) is 12.5. The fourth-order valence-electron chi connectivity index (χ4n) is 2.07. The first kappa shape index (κ1) is 15.5. The molecular formula is C13H13Cl2NO3S. The molecule has 0 saturated heterocycles. The van der Waals surface area contributed by atoms with E-state index in [1.165, 1.54) is 17.8 Å². The lowest BCUT2D eigenvalue weighted by atomic mass is 9.76. The smallest absolute Gasteiger partial charge is 0.329 e. The standard InChI is InChI=1S/C13H13Cl2NO3S/c1-20-10-5-7(8(14)6-9(10)15)11(17)16-13(12(18)19)3-2-4-13/h5-6H,2-4H2,1H3,(H,16,17)(H,18,19). The van der Waals surface area contributed by atoms with Gasteiger partial charge in [0.15, 0.2) is 0 Å². The zero-order valence-electron chi connectivity index (χ0n) is 10.7. The van der Waals surface area contributed by atoms with Crippen molar-refractivity contribution in [1.82, 2.24) is 5.32 Å². The Kier molecular flexibility index (Phi) is 4.52. The van der Waals surface area contributed by atoms with Gasteiger partial charge < -0.3 is 10.4 Å². The third kappa shape index (κ3) is 2.75. The molecule has 0 radical (unpaired) electrons. The van der Waals surface area contributed by atoms with E-state index < -0.39 is 17.4 Å². The lowest BCUT2D eigenvalue weighted by Crippen LogP contribution is -2.59. The molecule has 0 bridgehead atoms. The van der Waals surface area contributed by atoms with Gasteiger partial charge in [0.25, 0.3) is 5.91 Å². The van der Waals surface area contributed by atoms with Gasteiger partial charge in [-0.1, -0.05) is 23.2 Å². The summed E-state index contributed by atoms with van der Waals surface area (Å²) in [4.78, 5) is 24.2. The lowest BCUT2D eigenvalue weighted by Gasteiger charge is -2.38. The Labute approximate surface area is 130 Å². The average molecular weight is 334 g/mol. The van der Waals surface area contributed by atoms with Crippen molar-refractivity contribution in [3.05, 3.63) is 27.7 Å². The molecule has 1 fully saturated rings. The molecule has 1 saturated carbocycles. The summed E-state index contributed by atoms with van der Waals surface area (Å²) in [6.45, 7) is 0. The van der Waals surface area contributed by atoms with Crippen LogP contribution in [0.2, 0.25) is 10.0 Å². The second-order valence-corrected chi connectivity index (χ2v) is 6.32. The van der Waals surface area contributed by atoms with Gasteiger partial charge in [0.05, 0.1) is 15.6 Å². The van der Waals surface area contributed by atoms with E-state index in [0.717, 1.165) is 11.3 Å². The molecule has 0 atom stereocenters. The molecule has 0 aliphatic heterocycles. The minimum atomic E-state index is -1.15. The Bertz CT molecular complexity index is 573. The highest BCUT2D eigenvalue weighted by Gasteiger charge is 2.46. The Hall–Kier alpha value is -0.910. The molecule has 1 amide bonds. The van der Waals surface area contributed by atoms with Crippen molar-refractivity contribution in [2.24, 2.45) is 0 Å². The molecule has 1 aromatic rings. The number of aliphatic carboxylic acids is 1. The number of hydrogen-bond acceptors (Lipinski definition) is 3. The topological polar surface area (TPSA) is 66.4 Å². The van der Waals surface area contributed by atoms with Crippen molar-refractivity contribution in [1.29, 1.82) is 0 Å². The average Bonchev–Trinajstić information content (AvgIpc) is 2.33. The van der Waals surface area contributed by atoms with E-state index in [1.54, 1.807) is 6.07 Å². The predicted octanol–water partition coefficient (Wildman–Crippen LogP) is 3.45. The summed E-state index contributed by atoms with van der Waals surface area (Å²) in [6.07, 6.45) is 3.50. The Balaban J connectivity index is 2.27. The maximum atomic E-state index is 12.2. The zero-order chi connectivity index (χ0) is 14.9. The molecule has 7 heteroatoms. The van der Waals surface area contributed by atoms with E-state index in [9.17, 15) is 14.7 Å². The molecule has 0 spiro atoms. The number of hydrogen-bond donors (Lipinski definition) is 2. The van der Waals surface area contributed by atoms with Crippen LogP contribution in [0.5, 0.6) is 0 Å². The molecule has 1 aliphatic carbocycles. The number of halogens is 2. The third-order valence-corrected chi connectivity index (χ3v) is 4.97. The summed E-state index contributed by atoms with van der Waals surface area (Å²) >= 11 is 13.4. The van der Waals surface area contributed by atoms with Gasteiger partial charge in [-0.25, -0.2) is 4.79 Å².